The highest BCUT2D eigenvalue weighted by Crippen LogP contribution is 2.36. The number of benzene rings is 1. The van der Waals surface area contributed by atoms with Gasteiger partial charge < -0.3 is 5.32 Å². The molecule has 0 saturated carbocycles. The Balaban J connectivity index is 2.51. The number of aryl methyl sites for hydroxylation is 2. The first-order valence-electron chi connectivity index (χ1n) is 6.27. The van der Waals surface area contributed by atoms with Crippen LogP contribution in [-0.2, 0) is 0 Å². The van der Waals surface area contributed by atoms with Gasteiger partial charge in [-0.3, -0.25) is 0 Å². The van der Waals surface area contributed by atoms with Gasteiger partial charge in [-0.2, -0.15) is 0 Å². The Bertz CT molecular complexity index is 580. The Morgan fingerprint density at radius 3 is 2.68 bits per heavy atom. The van der Waals surface area contributed by atoms with E-state index in [-0.39, 0.29) is 11.9 Å². The fourth-order valence-electron chi connectivity index (χ4n) is 2.08. The molecule has 1 aromatic carbocycles. The van der Waals surface area contributed by atoms with Crippen molar-refractivity contribution in [3.8, 4) is 0 Å². The summed E-state index contributed by atoms with van der Waals surface area (Å²) in [6.45, 7) is 6.70. The molecule has 1 unspecified atom stereocenters. The zero-order valence-corrected chi connectivity index (χ0v) is 12.8. The molecule has 19 heavy (non-hydrogen) atoms. The molecule has 0 spiro atoms. The van der Waals surface area contributed by atoms with Crippen molar-refractivity contribution in [2.45, 2.75) is 26.8 Å². The average molecular weight is 298 g/mol. The first-order chi connectivity index (χ1) is 9.04. The summed E-state index contributed by atoms with van der Waals surface area (Å²) in [4.78, 5) is 0.977. The molecule has 102 valence electrons. The number of hydrogen-bond acceptors (Lipinski definition) is 2. The lowest BCUT2D eigenvalue weighted by molar-refractivity contribution is 0.562. The maximum Gasteiger partial charge on any atom is 0.128 e. The molecular weight excluding hydrogens is 281 g/mol. The van der Waals surface area contributed by atoms with Crippen LogP contribution in [0.2, 0.25) is 5.02 Å². The molecule has 1 atom stereocenters. The van der Waals surface area contributed by atoms with Crippen molar-refractivity contribution in [2.24, 2.45) is 0 Å². The summed E-state index contributed by atoms with van der Waals surface area (Å²) in [5, 5.41) is 6.07. The van der Waals surface area contributed by atoms with Gasteiger partial charge in [-0.15, -0.1) is 11.3 Å². The lowest BCUT2D eigenvalue weighted by atomic mass is 10.0. The average Bonchev–Trinajstić information content (AvgIpc) is 2.71. The van der Waals surface area contributed by atoms with Crippen LogP contribution in [-0.4, -0.2) is 6.54 Å². The highest BCUT2D eigenvalue weighted by Gasteiger charge is 2.22. The van der Waals surface area contributed by atoms with Gasteiger partial charge in [0, 0.05) is 10.4 Å². The number of rotatable bonds is 4. The molecule has 1 nitrogen and oxygen atoms in total. The molecule has 0 amide bonds. The summed E-state index contributed by atoms with van der Waals surface area (Å²) in [7, 11) is 0. The maximum atomic E-state index is 14.1. The van der Waals surface area contributed by atoms with Crippen LogP contribution in [0.25, 0.3) is 0 Å². The van der Waals surface area contributed by atoms with Gasteiger partial charge in [0.05, 0.1) is 11.1 Å². The Morgan fingerprint density at radius 1 is 1.37 bits per heavy atom. The molecule has 0 aliphatic carbocycles. The Hall–Kier alpha value is -0.900. The second kappa shape index (κ2) is 6.04. The molecule has 2 aromatic rings. The van der Waals surface area contributed by atoms with Crippen molar-refractivity contribution < 1.29 is 4.39 Å². The van der Waals surface area contributed by atoms with Crippen LogP contribution in [0, 0.1) is 19.7 Å². The van der Waals surface area contributed by atoms with E-state index in [0.717, 1.165) is 27.6 Å². The Kier molecular flexibility index (Phi) is 4.61. The molecule has 2 rings (SSSR count). The van der Waals surface area contributed by atoms with E-state index in [1.807, 2.05) is 32.2 Å². The minimum Gasteiger partial charge on any atom is -0.306 e. The molecule has 0 bridgehead atoms. The van der Waals surface area contributed by atoms with E-state index < -0.39 is 0 Å². The van der Waals surface area contributed by atoms with E-state index in [2.05, 4.69) is 5.32 Å². The summed E-state index contributed by atoms with van der Waals surface area (Å²) in [5.74, 6) is -0.196. The second-order valence-electron chi connectivity index (χ2n) is 4.61. The van der Waals surface area contributed by atoms with Crippen molar-refractivity contribution in [1.29, 1.82) is 0 Å². The zero-order valence-electron chi connectivity index (χ0n) is 11.3. The lowest BCUT2D eigenvalue weighted by Gasteiger charge is -2.19. The van der Waals surface area contributed by atoms with E-state index >= 15 is 0 Å². The van der Waals surface area contributed by atoms with Gasteiger partial charge in [-0.25, -0.2) is 4.39 Å². The van der Waals surface area contributed by atoms with Gasteiger partial charge in [0.15, 0.2) is 0 Å². The third kappa shape index (κ3) is 2.99. The van der Waals surface area contributed by atoms with Crippen molar-refractivity contribution in [3.05, 3.63) is 56.0 Å². The van der Waals surface area contributed by atoms with Crippen molar-refractivity contribution in [1.82, 2.24) is 5.32 Å². The van der Waals surface area contributed by atoms with Gasteiger partial charge in [0.1, 0.15) is 5.82 Å². The molecular formula is C15H17ClFNS. The van der Waals surface area contributed by atoms with E-state index in [4.69, 9.17) is 11.6 Å². The van der Waals surface area contributed by atoms with Crippen LogP contribution in [0.4, 0.5) is 4.39 Å². The van der Waals surface area contributed by atoms with Crippen LogP contribution in [0.1, 0.15) is 34.5 Å². The fraction of sp³-hybridized carbons (Fsp3) is 0.333. The van der Waals surface area contributed by atoms with E-state index in [1.54, 1.807) is 17.4 Å². The molecule has 4 heteroatoms. The van der Waals surface area contributed by atoms with Crippen LogP contribution in [0.3, 0.4) is 0 Å². The maximum absolute atomic E-state index is 14.1. The normalized spacial score (nSPS) is 12.7. The minimum atomic E-state index is -0.196. The fourth-order valence-corrected chi connectivity index (χ4v) is 3.47. The van der Waals surface area contributed by atoms with E-state index in [0.29, 0.717) is 5.56 Å². The number of halogens is 2. The lowest BCUT2D eigenvalue weighted by Crippen LogP contribution is -2.22. The van der Waals surface area contributed by atoms with Crippen LogP contribution in [0.15, 0.2) is 23.6 Å². The van der Waals surface area contributed by atoms with Gasteiger partial charge in [0.2, 0.25) is 0 Å². The van der Waals surface area contributed by atoms with Gasteiger partial charge in [-0.05, 0) is 37.4 Å². The first kappa shape index (κ1) is 14.5. The number of hydrogen-bond donors (Lipinski definition) is 1. The summed E-state index contributed by atoms with van der Waals surface area (Å²) >= 11 is 7.90. The summed E-state index contributed by atoms with van der Waals surface area (Å²) in [6, 6.07) is 5.00. The van der Waals surface area contributed by atoms with Gasteiger partial charge in [0.25, 0.3) is 0 Å². The predicted octanol–water partition coefficient (Wildman–Crippen LogP) is 4.86. The molecule has 1 aromatic heterocycles. The zero-order chi connectivity index (χ0) is 14.0. The molecule has 0 fully saturated rings. The van der Waals surface area contributed by atoms with Crippen molar-refractivity contribution in [3.63, 3.8) is 0 Å². The van der Waals surface area contributed by atoms with E-state index in [9.17, 15) is 4.39 Å². The van der Waals surface area contributed by atoms with Crippen LogP contribution < -0.4 is 5.32 Å². The van der Waals surface area contributed by atoms with Crippen molar-refractivity contribution >= 4 is 22.9 Å². The summed E-state index contributed by atoms with van der Waals surface area (Å²) in [5.41, 5.74) is 2.74. The summed E-state index contributed by atoms with van der Waals surface area (Å²) in [6.07, 6.45) is 0. The third-order valence-electron chi connectivity index (χ3n) is 3.06. The van der Waals surface area contributed by atoms with Crippen LogP contribution >= 0.6 is 22.9 Å². The first-order valence-corrected chi connectivity index (χ1v) is 7.53. The van der Waals surface area contributed by atoms with Gasteiger partial charge in [-0.1, -0.05) is 36.2 Å². The standard InChI is InChI=1S/C15H17ClFNS/c1-4-18-14(15-13(16)10(3)8-19-15)11-7-9(2)5-6-12(11)17/h5-8,14,18H,4H2,1-3H3. The quantitative estimate of drug-likeness (QED) is 0.850. The minimum absolute atomic E-state index is 0.184. The Morgan fingerprint density at radius 2 is 2.11 bits per heavy atom. The van der Waals surface area contributed by atoms with Gasteiger partial charge >= 0.3 is 0 Å². The molecule has 0 aliphatic rings. The van der Waals surface area contributed by atoms with Crippen LogP contribution in [0.5, 0.6) is 0 Å². The monoisotopic (exact) mass is 297 g/mol. The molecule has 0 aliphatic heterocycles. The molecule has 0 radical (unpaired) electrons. The predicted molar refractivity (Wildman–Crippen MR) is 80.7 cm³/mol. The Labute approximate surface area is 122 Å². The van der Waals surface area contributed by atoms with E-state index in [1.165, 1.54) is 6.07 Å². The summed E-state index contributed by atoms with van der Waals surface area (Å²) < 4.78 is 14.1. The number of thiophene rings is 1. The molecule has 0 saturated heterocycles. The SMILES string of the molecule is CCNC(c1cc(C)ccc1F)c1scc(C)c1Cl. The molecule has 1 heterocycles. The molecule has 1 N–H and O–H groups in total. The number of nitrogens with one attached hydrogen (secondary N) is 1. The largest absolute Gasteiger partial charge is 0.306 e. The highest BCUT2D eigenvalue weighted by atomic mass is 35.5. The second-order valence-corrected chi connectivity index (χ2v) is 5.90. The highest BCUT2D eigenvalue weighted by molar-refractivity contribution is 7.10. The van der Waals surface area contributed by atoms with Crippen molar-refractivity contribution in [2.75, 3.05) is 6.54 Å². The topological polar surface area (TPSA) is 12.0 Å². The third-order valence-corrected chi connectivity index (χ3v) is 4.84. The smallest absolute Gasteiger partial charge is 0.128 e.